The molecule has 1 heterocycles. The average molecular weight is 451 g/mol. The van der Waals surface area contributed by atoms with E-state index < -0.39 is 0 Å². The number of rotatable bonds is 8. The number of para-hydroxylation sites is 1. The first-order chi connectivity index (χ1) is 15.2. The van der Waals surface area contributed by atoms with Crippen LogP contribution in [0.15, 0.2) is 84.0 Å². The maximum Gasteiger partial charge on any atom is 0.216 e. The Balaban J connectivity index is 1.42. The van der Waals surface area contributed by atoms with Gasteiger partial charge in [-0.15, -0.1) is 0 Å². The highest BCUT2D eigenvalue weighted by Crippen LogP contribution is 2.16. The van der Waals surface area contributed by atoms with Gasteiger partial charge in [-0.05, 0) is 59.7 Å². The molecule has 0 amide bonds. The highest BCUT2D eigenvalue weighted by molar-refractivity contribution is 7.71. The molecule has 0 aliphatic carbocycles. The molecule has 0 saturated carbocycles. The first-order valence-electron chi connectivity index (χ1n) is 9.53. The minimum atomic E-state index is 0.235. The van der Waals surface area contributed by atoms with Gasteiger partial charge in [0, 0.05) is 5.02 Å². The van der Waals surface area contributed by atoms with Gasteiger partial charge in [0.15, 0.2) is 5.82 Å². The highest BCUT2D eigenvalue weighted by atomic mass is 35.5. The van der Waals surface area contributed by atoms with E-state index in [1.807, 2.05) is 78.9 Å². The predicted octanol–water partition coefficient (Wildman–Crippen LogP) is 5.63. The molecular formula is C23H19ClN4O2S. The third-order valence-electron chi connectivity index (χ3n) is 4.33. The standard InChI is InChI=1S/C23H19ClN4O2S/c24-19-11-9-17(10-12-19)15-29-21-8-4-5-18(13-21)14-25-28-22(26-27-23(28)31)16-30-20-6-2-1-3-7-20/h1-14H,15-16H2,(H,27,31)/b25-14-. The summed E-state index contributed by atoms with van der Waals surface area (Å²) in [7, 11) is 0. The lowest BCUT2D eigenvalue weighted by molar-refractivity contribution is 0.290. The second-order valence-corrected chi connectivity index (χ2v) is 7.41. The zero-order valence-electron chi connectivity index (χ0n) is 16.4. The lowest BCUT2D eigenvalue weighted by Crippen LogP contribution is -2.04. The molecule has 8 heteroatoms. The molecule has 1 aromatic heterocycles. The third-order valence-corrected chi connectivity index (χ3v) is 4.84. The van der Waals surface area contributed by atoms with E-state index in [0.717, 1.165) is 22.6 Å². The van der Waals surface area contributed by atoms with Crippen LogP contribution in [0.1, 0.15) is 17.0 Å². The van der Waals surface area contributed by atoms with E-state index >= 15 is 0 Å². The quantitative estimate of drug-likeness (QED) is 0.279. The fourth-order valence-electron chi connectivity index (χ4n) is 2.76. The van der Waals surface area contributed by atoms with Crippen molar-refractivity contribution in [3.8, 4) is 11.5 Å². The maximum absolute atomic E-state index is 5.92. The first-order valence-corrected chi connectivity index (χ1v) is 10.3. The second-order valence-electron chi connectivity index (χ2n) is 6.59. The summed E-state index contributed by atoms with van der Waals surface area (Å²) >= 11 is 11.2. The maximum atomic E-state index is 5.92. The lowest BCUT2D eigenvalue weighted by atomic mass is 10.2. The number of benzene rings is 3. The number of halogens is 1. The van der Waals surface area contributed by atoms with Crippen LogP contribution < -0.4 is 9.47 Å². The number of nitrogens with one attached hydrogen (secondary N) is 1. The molecule has 156 valence electrons. The zero-order valence-corrected chi connectivity index (χ0v) is 18.0. The van der Waals surface area contributed by atoms with Gasteiger partial charge in [-0.25, -0.2) is 5.10 Å². The van der Waals surface area contributed by atoms with Crippen LogP contribution in [0.4, 0.5) is 0 Å². The summed E-state index contributed by atoms with van der Waals surface area (Å²) in [5.41, 5.74) is 1.91. The predicted molar refractivity (Wildman–Crippen MR) is 123 cm³/mol. The van der Waals surface area contributed by atoms with E-state index in [1.54, 1.807) is 10.9 Å². The van der Waals surface area contributed by atoms with Crippen LogP contribution in [-0.2, 0) is 13.2 Å². The number of H-pyrrole nitrogens is 1. The molecular weight excluding hydrogens is 432 g/mol. The van der Waals surface area contributed by atoms with Crippen LogP contribution in [0.3, 0.4) is 0 Å². The van der Waals surface area contributed by atoms with E-state index in [-0.39, 0.29) is 6.61 Å². The number of hydrogen-bond donors (Lipinski definition) is 1. The second kappa shape index (κ2) is 10.1. The molecule has 0 fully saturated rings. The van der Waals surface area contributed by atoms with E-state index in [9.17, 15) is 0 Å². The number of ether oxygens (including phenoxy) is 2. The van der Waals surface area contributed by atoms with Crippen LogP contribution >= 0.6 is 23.8 Å². The van der Waals surface area contributed by atoms with Crippen LogP contribution in [-0.4, -0.2) is 21.1 Å². The summed E-state index contributed by atoms with van der Waals surface area (Å²) in [4.78, 5) is 0. The smallest absolute Gasteiger partial charge is 0.216 e. The van der Waals surface area contributed by atoms with Gasteiger partial charge in [-0.2, -0.15) is 14.9 Å². The molecule has 31 heavy (non-hydrogen) atoms. The Kier molecular flexibility index (Phi) is 6.76. The molecule has 0 bridgehead atoms. The number of hydrogen-bond acceptors (Lipinski definition) is 5. The van der Waals surface area contributed by atoms with Crippen LogP contribution in [0.2, 0.25) is 5.02 Å². The third kappa shape index (κ3) is 5.81. The monoisotopic (exact) mass is 450 g/mol. The zero-order chi connectivity index (χ0) is 21.5. The van der Waals surface area contributed by atoms with Crippen molar-refractivity contribution >= 4 is 30.0 Å². The number of aromatic amines is 1. The molecule has 4 rings (SSSR count). The SMILES string of the molecule is S=c1[nH]nc(COc2ccccc2)n1/N=C\c1cccc(OCc2ccc(Cl)cc2)c1. The van der Waals surface area contributed by atoms with Gasteiger partial charge in [0.25, 0.3) is 0 Å². The molecule has 0 atom stereocenters. The summed E-state index contributed by atoms with van der Waals surface area (Å²) in [6.45, 7) is 0.685. The largest absolute Gasteiger partial charge is 0.489 e. The van der Waals surface area contributed by atoms with E-state index in [4.69, 9.17) is 33.3 Å². The number of nitrogens with zero attached hydrogens (tertiary/aromatic N) is 3. The van der Waals surface area contributed by atoms with Gasteiger partial charge in [0.05, 0.1) is 6.21 Å². The summed E-state index contributed by atoms with van der Waals surface area (Å²) < 4.78 is 13.5. The Morgan fingerprint density at radius 3 is 2.48 bits per heavy atom. The van der Waals surface area contributed by atoms with Gasteiger partial charge in [0.2, 0.25) is 4.77 Å². The average Bonchev–Trinajstić information content (AvgIpc) is 3.16. The molecule has 0 saturated heterocycles. The summed E-state index contributed by atoms with van der Waals surface area (Å²) in [5, 5.41) is 12.1. The van der Waals surface area contributed by atoms with Gasteiger partial charge in [-0.1, -0.05) is 54.1 Å². The van der Waals surface area contributed by atoms with Crippen LogP contribution in [0, 0.1) is 4.77 Å². The van der Waals surface area contributed by atoms with Gasteiger partial charge in [-0.3, -0.25) is 0 Å². The Morgan fingerprint density at radius 2 is 1.68 bits per heavy atom. The summed E-state index contributed by atoms with van der Waals surface area (Å²) in [5.74, 6) is 2.06. The molecule has 6 nitrogen and oxygen atoms in total. The van der Waals surface area contributed by atoms with Crippen molar-refractivity contribution in [1.82, 2.24) is 14.9 Å². The van der Waals surface area contributed by atoms with Gasteiger partial charge < -0.3 is 9.47 Å². The Morgan fingerprint density at radius 1 is 0.935 bits per heavy atom. The normalized spacial score (nSPS) is 11.0. The molecule has 0 aliphatic rings. The topological polar surface area (TPSA) is 64.4 Å². The van der Waals surface area contributed by atoms with E-state index in [2.05, 4.69) is 15.3 Å². The van der Waals surface area contributed by atoms with Crippen molar-refractivity contribution in [1.29, 1.82) is 0 Å². The fraction of sp³-hybridized carbons (Fsp3) is 0.0870. The summed E-state index contributed by atoms with van der Waals surface area (Å²) in [6, 6.07) is 24.7. The molecule has 0 spiro atoms. The molecule has 0 unspecified atom stereocenters. The molecule has 1 N–H and O–H groups in total. The van der Waals surface area contributed by atoms with Gasteiger partial charge >= 0.3 is 0 Å². The van der Waals surface area contributed by atoms with Crippen molar-refractivity contribution in [3.05, 3.63) is 106 Å². The Hall–Kier alpha value is -3.42. The fourth-order valence-corrected chi connectivity index (χ4v) is 3.08. The Bertz CT molecular complexity index is 1220. The molecule has 3 aromatic carbocycles. The lowest BCUT2D eigenvalue weighted by Gasteiger charge is -2.07. The first kappa shape index (κ1) is 20.8. The van der Waals surface area contributed by atoms with Crippen molar-refractivity contribution < 1.29 is 9.47 Å². The van der Waals surface area contributed by atoms with Crippen molar-refractivity contribution in [2.24, 2.45) is 5.10 Å². The van der Waals surface area contributed by atoms with Crippen LogP contribution in [0.5, 0.6) is 11.5 Å². The van der Waals surface area contributed by atoms with Crippen molar-refractivity contribution in [2.75, 3.05) is 0 Å². The van der Waals surface area contributed by atoms with E-state index in [0.29, 0.717) is 22.2 Å². The molecule has 0 radical (unpaired) electrons. The molecule has 0 aliphatic heterocycles. The Labute approximate surface area is 189 Å². The minimum Gasteiger partial charge on any atom is -0.489 e. The van der Waals surface area contributed by atoms with Crippen LogP contribution in [0.25, 0.3) is 0 Å². The summed E-state index contributed by atoms with van der Waals surface area (Å²) in [6.07, 6.45) is 1.70. The van der Waals surface area contributed by atoms with Crippen molar-refractivity contribution in [3.63, 3.8) is 0 Å². The van der Waals surface area contributed by atoms with Crippen molar-refractivity contribution in [2.45, 2.75) is 13.2 Å². The minimum absolute atomic E-state index is 0.235. The number of aromatic nitrogens is 3. The highest BCUT2D eigenvalue weighted by Gasteiger charge is 2.06. The molecule has 4 aromatic rings. The van der Waals surface area contributed by atoms with Gasteiger partial charge in [0.1, 0.15) is 24.7 Å². The van der Waals surface area contributed by atoms with E-state index in [1.165, 1.54) is 0 Å².